The van der Waals surface area contributed by atoms with E-state index in [1.807, 2.05) is 0 Å². The van der Waals surface area contributed by atoms with E-state index in [1.54, 1.807) is 0 Å². The highest BCUT2D eigenvalue weighted by atomic mass is 15.0. The molecule has 0 bridgehead atoms. The van der Waals surface area contributed by atoms with Crippen LogP contribution in [0.25, 0.3) is 0 Å². The van der Waals surface area contributed by atoms with Crippen LogP contribution in [0.1, 0.15) is 36.0 Å². The van der Waals surface area contributed by atoms with Crippen molar-refractivity contribution in [1.29, 1.82) is 0 Å². The Morgan fingerprint density at radius 2 is 2.20 bits per heavy atom. The van der Waals surface area contributed by atoms with Crippen molar-refractivity contribution < 1.29 is 0 Å². The fourth-order valence-electron chi connectivity index (χ4n) is 2.52. The van der Waals surface area contributed by atoms with Crippen LogP contribution in [0.2, 0.25) is 0 Å². The molecule has 2 aliphatic heterocycles. The van der Waals surface area contributed by atoms with Gasteiger partial charge in [0.2, 0.25) is 0 Å². The summed E-state index contributed by atoms with van der Waals surface area (Å²) in [6.07, 6.45) is 3.62. The average molecular weight is 206 g/mol. The van der Waals surface area contributed by atoms with E-state index in [1.165, 1.54) is 36.6 Å². The van der Waals surface area contributed by atoms with Gasteiger partial charge in [-0.3, -0.25) is 0 Å². The number of aromatic nitrogens is 2. The highest BCUT2D eigenvalue weighted by Crippen LogP contribution is 2.22. The Labute approximate surface area is 89.9 Å². The van der Waals surface area contributed by atoms with Gasteiger partial charge in [-0.25, -0.2) is 4.98 Å². The molecule has 0 amide bonds. The van der Waals surface area contributed by atoms with Crippen LogP contribution in [0.15, 0.2) is 0 Å². The largest absolute Gasteiger partial charge is 0.344 e. The molecule has 2 aliphatic rings. The number of imidazole rings is 1. The summed E-state index contributed by atoms with van der Waals surface area (Å²) in [6, 6.07) is 0. The van der Waals surface area contributed by atoms with E-state index in [9.17, 15) is 0 Å². The Balaban J connectivity index is 1.82. The van der Waals surface area contributed by atoms with Crippen molar-refractivity contribution in [3.63, 3.8) is 0 Å². The van der Waals surface area contributed by atoms with Crippen LogP contribution in [0.5, 0.6) is 0 Å². The fourth-order valence-corrected chi connectivity index (χ4v) is 2.52. The first-order valence-electron chi connectivity index (χ1n) is 5.92. The first-order chi connectivity index (χ1) is 7.43. The minimum atomic E-state index is 0.601. The zero-order valence-corrected chi connectivity index (χ0v) is 8.97. The third-order valence-corrected chi connectivity index (χ3v) is 3.41. The normalized spacial score (nSPS) is 26.3. The van der Waals surface area contributed by atoms with Gasteiger partial charge in [0.05, 0.1) is 11.4 Å². The average Bonchev–Trinajstić information content (AvgIpc) is 2.74. The highest BCUT2D eigenvalue weighted by molar-refractivity contribution is 5.19. The molecule has 3 rings (SSSR count). The molecule has 0 radical (unpaired) electrons. The highest BCUT2D eigenvalue weighted by Gasteiger charge is 2.21. The number of hydrogen-bond acceptors (Lipinski definition) is 3. The van der Waals surface area contributed by atoms with Gasteiger partial charge in [-0.2, -0.15) is 0 Å². The molecule has 1 aromatic rings. The van der Waals surface area contributed by atoms with Crippen molar-refractivity contribution in [3.05, 3.63) is 17.2 Å². The fraction of sp³-hybridized carbons (Fsp3) is 0.727. The van der Waals surface area contributed by atoms with E-state index in [2.05, 4.69) is 15.6 Å². The van der Waals surface area contributed by atoms with Crippen LogP contribution in [0, 0.1) is 0 Å². The lowest BCUT2D eigenvalue weighted by Gasteiger charge is -2.20. The van der Waals surface area contributed by atoms with Gasteiger partial charge in [-0.05, 0) is 19.4 Å². The van der Waals surface area contributed by atoms with E-state index < -0.39 is 0 Å². The van der Waals surface area contributed by atoms with E-state index >= 15 is 0 Å². The number of rotatable bonds is 1. The van der Waals surface area contributed by atoms with E-state index in [0.29, 0.717) is 5.92 Å². The number of fused-ring (bicyclic) bond motifs is 1. The minimum Gasteiger partial charge on any atom is -0.344 e. The Bertz CT molecular complexity index is 315. The molecule has 82 valence electrons. The monoisotopic (exact) mass is 206 g/mol. The van der Waals surface area contributed by atoms with Crippen molar-refractivity contribution >= 4 is 0 Å². The lowest BCUT2D eigenvalue weighted by molar-refractivity contribution is 0.448. The molecule has 3 N–H and O–H groups in total. The van der Waals surface area contributed by atoms with Gasteiger partial charge in [-0.1, -0.05) is 0 Å². The standard InChI is InChI=1S/C11H18N4/c1-2-8(6-12-4-1)11-14-9-3-5-13-7-10(9)15-11/h8,12-13H,1-7H2,(H,14,15). The molecule has 1 saturated heterocycles. The third-order valence-electron chi connectivity index (χ3n) is 3.41. The maximum Gasteiger partial charge on any atom is 0.111 e. The molecule has 4 nitrogen and oxygen atoms in total. The van der Waals surface area contributed by atoms with Gasteiger partial charge < -0.3 is 15.6 Å². The summed E-state index contributed by atoms with van der Waals surface area (Å²) in [4.78, 5) is 8.23. The predicted octanol–water partition coefficient (Wildman–Crippen LogP) is 0.522. The molecule has 1 aromatic heterocycles. The van der Waals surface area contributed by atoms with Crippen LogP contribution < -0.4 is 10.6 Å². The predicted molar refractivity (Wildman–Crippen MR) is 58.8 cm³/mol. The second-order valence-corrected chi connectivity index (χ2v) is 4.52. The van der Waals surface area contributed by atoms with Gasteiger partial charge in [0.25, 0.3) is 0 Å². The zero-order chi connectivity index (χ0) is 10.1. The van der Waals surface area contributed by atoms with Crippen molar-refractivity contribution in [2.24, 2.45) is 0 Å². The van der Waals surface area contributed by atoms with Crippen molar-refractivity contribution in [1.82, 2.24) is 20.6 Å². The van der Waals surface area contributed by atoms with Crippen LogP contribution in [-0.4, -0.2) is 29.6 Å². The quantitative estimate of drug-likeness (QED) is 0.628. The summed E-state index contributed by atoms with van der Waals surface area (Å²) < 4.78 is 0. The molecular formula is C11H18N4. The van der Waals surface area contributed by atoms with Crippen molar-refractivity contribution in [2.45, 2.75) is 31.7 Å². The Hall–Kier alpha value is -0.870. The number of nitrogens with zero attached hydrogens (tertiary/aromatic N) is 1. The van der Waals surface area contributed by atoms with Crippen molar-refractivity contribution in [2.75, 3.05) is 19.6 Å². The van der Waals surface area contributed by atoms with Crippen LogP contribution in [-0.2, 0) is 13.0 Å². The number of nitrogens with one attached hydrogen (secondary N) is 3. The lowest BCUT2D eigenvalue weighted by Crippen LogP contribution is -2.28. The second kappa shape index (κ2) is 3.94. The molecule has 15 heavy (non-hydrogen) atoms. The summed E-state index contributed by atoms with van der Waals surface area (Å²) in [5.41, 5.74) is 2.59. The minimum absolute atomic E-state index is 0.601. The van der Waals surface area contributed by atoms with E-state index in [4.69, 9.17) is 4.98 Å². The van der Waals surface area contributed by atoms with E-state index in [-0.39, 0.29) is 0 Å². The molecule has 1 fully saturated rings. The maximum absolute atomic E-state index is 4.74. The molecule has 3 heterocycles. The zero-order valence-electron chi connectivity index (χ0n) is 8.97. The van der Waals surface area contributed by atoms with Crippen molar-refractivity contribution in [3.8, 4) is 0 Å². The second-order valence-electron chi connectivity index (χ2n) is 4.52. The summed E-state index contributed by atoms with van der Waals surface area (Å²) in [5.74, 6) is 1.81. The molecule has 0 spiro atoms. The first kappa shape index (κ1) is 9.36. The smallest absolute Gasteiger partial charge is 0.111 e. The molecule has 4 heteroatoms. The van der Waals surface area contributed by atoms with Gasteiger partial charge >= 0.3 is 0 Å². The SMILES string of the molecule is C1CNCC(c2nc3c([nH]2)CNCC3)C1. The van der Waals surface area contributed by atoms with Crippen LogP contribution in [0.4, 0.5) is 0 Å². The summed E-state index contributed by atoms with van der Waals surface area (Å²) in [5, 5.41) is 6.81. The third kappa shape index (κ3) is 1.79. The Morgan fingerprint density at radius 1 is 1.20 bits per heavy atom. The molecule has 1 unspecified atom stereocenters. The van der Waals surface area contributed by atoms with E-state index in [0.717, 1.165) is 26.1 Å². The van der Waals surface area contributed by atoms with Gasteiger partial charge in [0.1, 0.15) is 5.82 Å². The van der Waals surface area contributed by atoms with Gasteiger partial charge in [0.15, 0.2) is 0 Å². The van der Waals surface area contributed by atoms with Gasteiger partial charge in [0, 0.05) is 32.0 Å². The number of aromatic amines is 1. The Kier molecular flexibility index (Phi) is 2.46. The summed E-state index contributed by atoms with van der Waals surface area (Å²) >= 11 is 0. The van der Waals surface area contributed by atoms with Gasteiger partial charge in [-0.15, -0.1) is 0 Å². The Morgan fingerprint density at radius 3 is 3.00 bits per heavy atom. The topological polar surface area (TPSA) is 52.7 Å². The molecular weight excluding hydrogens is 188 g/mol. The number of H-pyrrole nitrogens is 1. The first-order valence-corrected chi connectivity index (χ1v) is 5.92. The molecule has 0 saturated carbocycles. The summed E-state index contributed by atoms with van der Waals surface area (Å²) in [7, 11) is 0. The summed E-state index contributed by atoms with van der Waals surface area (Å²) in [6.45, 7) is 4.28. The molecule has 1 atom stereocenters. The number of piperidine rings is 1. The molecule has 0 aromatic carbocycles. The van der Waals surface area contributed by atoms with Crippen LogP contribution in [0.3, 0.4) is 0 Å². The maximum atomic E-state index is 4.74. The molecule has 0 aliphatic carbocycles. The number of hydrogen-bond donors (Lipinski definition) is 3. The van der Waals surface area contributed by atoms with Crippen LogP contribution >= 0.6 is 0 Å². The lowest BCUT2D eigenvalue weighted by atomic mass is 9.99.